The van der Waals surface area contributed by atoms with Gasteiger partial charge < -0.3 is 14.5 Å². The van der Waals surface area contributed by atoms with Crippen molar-refractivity contribution in [3.05, 3.63) is 29.8 Å². The van der Waals surface area contributed by atoms with E-state index in [0.29, 0.717) is 18.8 Å². The lowest BCUT2D eigenvalue weighted by Gasteiger charge is -2.38. The van der Waals surface area contributed by atoms with Crippen LogP contribution in [-0.2, 0) is 9.53 Å². The normalized spacial score (nSPS) is 24.2. The third-order valence-electron chi connectivity index (χ3n) is 4.48. The van der Waals surface area contributed by atoms with Crippen LogP contribution >= 0.6 is 11.8 Å². The number of aryl methyl sites for hydroxylation is 1. The van der Waals surface area contributed by atoms with Gasteiger partial charge in [0.1, 0.15) is 5.60 Å². The molecule has 0 N–H and O–H groups in total. The number of ether oxygens (including phenoxy) is 1. The molecule has 0 saturated carbocycles. The van der Waals surface area contributed by atoms with Crippen LogP contribution in [-0.4, -0.2) is 59.8 Å². The lowest BCUT2D eigenvalue weighted by molar-refractivity contribution is -0.133. The Bertz CT molecular complexity index is 622. The Labute approximate surface area is 141 Å². The number of amides is 2. The zero-order valence-corrected chi connectivity index (χ0v) is 14.4. The molecule has 23 heavy (non-hydrogen) atoms. The maximum atomic E-state index is 12.5. The van der Waals surface area contributed by atoms with E-state index in [2.05, 4.69) is 13.0 Å². The van der Waals surface area contributed by atoms with Gasteiger partial charge in [-0.15, -0.1) is 11.8 Å². The summed E-state index contributed by atoms with van der Waals surface area (Å²) < 4.78 is 5.55. The second kappa shape index (κ2) is 6.43. The van der Waals surface area contributed by atoms with E-state index in [1.165, 1.54) is 5.56 Å². The lowest BCUT2D eigenvalue weighted by atomic mass is 9.93. The number of carbonyl (C=O) groups excluding carboxylic acids is 2. The van der Waals surface area contributed by atoms with Crippen LogP contribution in [0.3, 0.4) is 0 Å². The summed E-state index contributed by atoms with van der Waals surface area (Å²) >= 11 is 1.57. The van der Waals surface area contributed by atoms with Crippen molar-refractivity contribution < 1.29 is 14.3 Å². The van der Waals surface area contributed by atoms with Gasteiger partial charge in [0.2, 0.25) is 5.91 Å². The Morgan fingerprint density at radius 3 is 2.83 bits per heavy atom. The van der Waals surface area contributed by atoms with Crippen molar-refractivity contribution in [2.75, 3.05) is 32.4 Å². The lowest BCUT2D eigenvalue weighted by Crippen LogP contribution is -2.52. The first-order valence-corrected chi connectivity index (χ1v) is 8.88. The van der Waals surface area contributed by atoms with Crippen LogP contribution in [0.25, 0.3) is 0 Å². The molecule has 2 saturated heterocycles. The summed E-state index contributed by atoms with van der Waals surface area (Å²) in [5, 5.41) is 0. The van der Waals surface area contributed by atoms with E-state index in [1.54, 1.807) is 23.7 Å². The number of benzene rings is 1. The summed E-state index contributed by atoms with van der Waals surface area (Å²) in [5.74, 6) is 0.535. The van der Waals surface area contributed by atoms with E-state index in [1.807, 2.05) is 23.1 Å². The standard InChI is InChI=1S/C17H22N2O3S/c1-13-6-3-4-7-14(13)23-10-15(20)19-9-5-8-17(12-19)11-18(2)16(21)22-17/h3-4,6-7H,5,8-12H2,1-2H3/t17-/m1/s1. The summed E-state index contributed by atoms with van der Waals surface area (Å²) in [6.45, 7) is 3.88. The molecule has 1 atom stereocenters. The van der Waals surface area contributed by atoms with Gasteiger partial charge in [0.05, 0.1) is 18.8 Å². The molecular formula is C17H22N2O3S. The van der Waals surface area contributed by atoms with E-state index < -0.39 is 5.60 Å². The highest BCUT2D eigenvalue weighted by atomic mass is 32.2. The number of piperidine rings is 1. The minimum Gasteiger partial charge on any atom is -0.439 e. The Balaban J connectivity index is 1.59. The Morgan fingerprint density at radius 1 is 1.35 bits per heavy atom. The minimum absolute atomic E-state index is 0.114. The number of nitrogens with zero attached hydrogens (tertiary/aromatic N) is 2. The van der Waals surface area contributed by atoms with Crippen molar-refractivity contribution in [1.29, 1.82) is 0 Å². The summed E-state index contributed by atoms with van der Waals surface area (Å²) in [6, 6.07) is 8.08. The van der Waals surface area contributed by atoms with Gasteiger partial charge in [-0.1, -0.05) is 18.2 Å². The molecule has 1 aromatic rings. The van der Waals surface area contributed by atoms with Gasteiger partial charge in [0, 0.05) is 18.5 Å². The summed E-state index contributed by atoms with van der Waals surface area (Å²) in [5.41, 5.74) is 0.680. The Morgan fingerprint density at radius 2 is 2.13 bits per heavy atom. The van der Waals surface area contributed by atoms with Crippen LogP contribution in [0.1, 0.15) is 18.4 Å². The van der Waals surface area contributed by atoms with E-state index in [4.69, 9.17) is 4.74 Å². The number of likely N-dealkylation sites (N-methyl/N-ethyl adjacent to an activating group) is 1. The first-order valence-electron chi connectivity index (χ1n) is 7.89. The third-order valence-corrected chi connectivity index (χ3v) is 5.64. The summed E-state index contributed by atoms with van der Waals surface area (Å²) in [7, 11) is 1.74. The molecular weight excluding hydrogens is 312 g/mol. The Hall–Kier alpha value is -1.69. The molecule has 0 unspecified atom stereocenters. The zero-order valence-electron chi connectivity index (χ0n) is 13.6. The number of likely N-dealkylation sites (tertiary alicyclic amines) is 1. The van der Waals surface area contributed by atoms with Crippen molar-refractivity contribution in [3.63, 3.8) is 0 Å². The number of hydrogen-bond donors (Lipinski definition) is 0. The number of carbonyl (C=O) groups is 2. The molecule has 0 radical (unpaired) electrons. The van der Waals surface area contributed by atoms with Gasteiger partial charge in [0.15, 0.2) is 0 Å². The van der Waals surface area contributed by atoms with Gasteiger partial charge in [-0.3, -0.25) is 4.79 Å². The second-order valence-corrected chi connectivity index (χ2v) is 7.40. The molecule has 0 aromatic heterocycles. The minimum atomic E-state index is -0.507. The van der Waals surface area contributed by atoms with Crippen LogP contribution in [0.5, 0.6) is 0 Å². The molecule has 1 aromatic carbocycles. The van der Waals surface area contributed by atoms with Crippen molar-refractivity contribution in [3.8, 4) is 0 Å². The number of thioether (sulfide) groups is 1. The molecule has 2 amide bonds. The zero-order chi connectivity index (χ0) is 16.4. The molecule has 2 aliphatic rings. The molecule has 2 fully saturated rings. The maximum absolute atomic E-state index is 12.5. The Kier molecular flexibility index (Phi) is 4.53. The highest BCUT2D eigenvalue weighted by Gasteiger charge is 2.47. The molecule has 2 aliphatic heterocycles. The van der Waals surface area contributed by atoms with E-state index >= 15 is 0 Å². The highest BCUT2D eigenvalue weighted by Crippen LogP contribution is 2.32. The third kappa shape index (κ3) is 3.47. The molecule has 3 rings (SSSR count). The average molecular weight is 334 g/mol. The molecule has 5 nitrogen and oxygen atoms in total. The first-order chi connectivity index (χ1) is 11.0. The fourth-order valence-corrected chi connectivity index (χ4v) is 4.20. The molecule has 6 heteroatoms. The van der Waals surface area contributed by atoms with Gasteiger partial charge in [-0.05, 0) is 31.4 Å². The van der Waals surface area contributed by atoms with Crippen molar-refractivity contribution in [1.82, 2.24) is 9.80 Å². The molecule has 0 aliphatic carbocycles. The number of rotatable bonds is 3. The van der Waals surface area contributed by atoms with Crippen LogP contribution < -0.4 is 0 Å². The van der Waals surface area contributed by atoms with Crippen molar-refractivity contribution in [2.45, 2.75) is 30.3 Å². The van der Waals surface area contributed by atoms with Crippen LogP contribution in [0.2, 0.25) is 0 Å². The SMILES string of the molecule is Cc1ccccc1SCC(=O)N1CCC[C@@]2(CN(C)C(=O)O2)C1. The monoisotopic (exact) mass is 334 g/mol. The highest BCUT2D eigenvalue weighted by molar-refractivity contribution is 8.00. The predicted molar refractivity (Wildman–Crippen MR) is 89.6 cm³/mol. The first kappa shape index (κ1) is 16.2. The van der Waals surface area contributed by atoms with Gasteiger partial charge >= 0.3 is 6.09 Å². The smallest absolute Gasteiger partial charge is 0.410 e. The van der Waals surface area contributed by atoms with Crippen molar-refractivity contribution >= 4 is 23.8 Å². The van der Waals surface area contributed by atoms with Crippen molar-refractivity contribution in [2.24, 2.45) is 0 Å². The fraction of sp³-hybridized carbons (Fsp3) is 0.529. The van der Waals surface area contributed by atoms with Crippen LogP contribution in [0.15, 0.2) is 29.2 Å². The maximum Gasteiger partial charge on any atom is 0.410 e. The van der Waals surface area contributed by atoms with Gasteiger partial charge in [0.25, 0.3) is 0 Å². The number of hydrogen-bond acceptors (Lipinski definition) is 4. The second-order valence-electron chi connectivity index (χ2n) is 6.38. The van der Waals surface area contributed by atoms with Crippen LogP contribution in [0, 0.1) is 6.92 Å². The van der Waals surface area contributed by atoms with Crippen LogP contribution in [0.4, 0.5) is 4.79 Å². The molecule has 2 heterocycles. The van der Waals surface area contributed by atoms with E-state index in [9.17, 15) is 9.59 Å². The topological polar surface area (TPSA) is 49.9 Å². The average Bonchev–Trinajstić information content (AvgIpc) is 2.79. The molecule has 0 bridgehead atoms. The van der Waals surface area contributed by atoms with E-state index in [0.717, 1.165) is 24.3 Å². The van der Waals surface area contributed by atoms with Gasteiger partial charge in [-0.2, -0.15) is 0 Å². The van der Waals surface area contributed by atoms with E-state index in [-0.39, 0.29) is 12.0 Å². The predicted octanol–water partition coefficient (Wildman–Crippen LogP) is 2.53. The quantitative estimate of drug-likeness (QED) is 0.797. The molecule has 124 valence electrons. The summed E-state index contributed by atoms with van der Waals surface area (Å²) in [6.07, 6.45) is 1.42. The fourth-order valence-electron chi connectivity index (χ4n) is 3.26. The molecule has 1 spiro atoms. The largest absolute Gasteiger partial charge is 0.439 e. The summed E-state index contributed by atoms with van der Waals surface area (Å²) in [4.78, 5) is 28.8. The van der Waals surface area contributed by atoms with Gasteiger partial charge in [-0.25, -0.2) is 4.79 Å².